The Morgan fingerprint density at radius 1 is 1.20 bits per heavy atom. The molecule has 20 heavy (non-hydrogen) atoms. The van der Waals surface area contributed by atoms with E-state index in [1.54, 1.807) is 12.1 Å². The van der Waals surface area contributed by atoms with Gasteiger partial charge in [0.1, 0.15) is 0 Å². The Balaban J connectivity index is 2.15. The molecule has 1 aliphatic heterocycles. The van der Waals surface area contributed by atoms with Gasteiger partial charge < -0.3 is 10.6 Å². The first-order valence-electron chi connectivity index (χ1n) is 7.21. The number of nitrogens with two attached hydrogens (primary N) is 1. The Morgan fingerprint density at radius 3 is 2.30 bits per heavy atom. The van der Waals surface area contributed by atoms with Crippen molar-refractivity contribution in [2.24, 2.45) is 11.3 Å². The van der Waals surface area contributed by atoms with Crippen LogP contribution in [0.4, 0.5) is 20.2 Å². The van der Waals surface area contributed by atoms with Crippen LogP contribution in [-0.2, 0) is 0 Å². The lowest BCUT2D eigenvalue weighted by Gasteiger charge is -2.40. The van der Waals surface area contributed by atoms with Gasteiger partial charge in [-0.25, -0.2) is 8.78 Å². The van der Waals surface area contributed by atoms with Crippen molar-refractivity contribution in [2.75, 3.05) is 23.7 Å². The lowest BCUT2D eigenvalue weighted by atomic mass is 9.75. The monoisotopic (exact) mass is 282 g/mol. The average molecular weight is 282 g/mol. The number of hydrogen-bond donors (Lipinski definition) is 1. The molecule has 2 nitrogen and oxygen atoms in total. The highest BCUT2D eigenvalue weighted by atomic mass is 19.3. The third-order valence-corrected chi connectivity index (χ3v) is 4.35. The fourth-order valence-corrected chi connectivity index (χ4v) is 3.02. The van der Waals surface area contributed by atoms with E-state index in [4.69, 9.17) is 5.73 Å². The molecule has 0 aliphatic carbocycles. The zero-order valence-electron chi connectivity index (χ0n) is 12.5. The highest BCUT2D eigenvalue weighted by Gasteiger charge is 2.30. The Kier molecular flexibility index (Phi) is 4.21. The number of alkyl halides is 2. The Morgan fingerprint density at radius 2 is 1.80 bits per heavy atom. The number of hydrogen-bond acceptors (Lipinski definition) is 2. The molecule has 1 saturated heterocycles. The topological polar surface area (TPSA) is 29.3 Å². The maximum Gasteiger partial charge on any atom is 0.265 e. The van der Waals surface area contributed by atoms with Crippen LogP contribution in [0.2, 0.25) is 0 Å². The predicted molar refractivity (Wildman–Crippen MR) is 80.2 cm³/mol. The second-order valence-electron chi connectivity index (χ2n) is 6.75. The summed E-state index contributed by atoms with van der Waals surface area (Å²) in [6.07, 6.45) is -0.374. The van der Waals surface area contributed by atoms with Crippen molar-refractivity contribution >= 4 is 11.4 Å². The highest BCUT2D eigenvalue weighted by molar-refractivity contribution is 5.60. The maximum atomic E-state index is 13.1. The van der Waals surface area contributed by atoms with Gasteiger partial charge in [-0.15, -0.1) is 0 Å². The van der Waals surface area contributed by atoms with Crippen molar-refractivity contribution in [3.63, 3.8) is 0 Å². The molecule has 0 amide bonds. The van der Waals surface area contributed by atoms with E-state index < -0.39 is 6.43 Å². The van der Waals surface area contributed by atoms with Gasteiger partial charge in [-0.1, -0.05) is 20.8 Å². The summed E-state index contributed by atoms with van der Waals surface area (Å²) >= 11 is 0. The second-order valence-corrected chi connectivity index (χ2v) is 6.75. The van der Waals surface area contributed by atoms with Crippen molar-refractivity contribution in [3.05, 3.63) is 23.8 Å². The SMILES string of the molecule is CC(C)(C)C1CCN(c2ccc(N)cc2C(F)F)CC1. The predicted octanol–water partition coefficient (Wildman–Crippen LogP) is 4.47. The second kappa shape index (κ2) is 5.58. The normalized spacial score (nSPS) is 17.8. The summed E-state index contributed by atoms with van der Waals surface area (Å²) in [5.74, 6) is 0.655. The summed E-state index contributed by atoms with van der Waals surface area (Å²) in [5.41, 5.74) is 7.00. The van der Waals surface area contributed by atoms with Crippen LogP contribution in [0.3, 0.4) is 0 Å². The largest absolute Gasteiger partial charge is 0.399 e. The van der Waals surface area contributed by atoms with E-state index in [-0.39, 0.29) is 5.56 Å². The van der Waals surface area contributed by atoms with Gasteiger partial charge in [0, 0.05) is 30.0 Å². The Bertz CT molecular complexity index is 458. The van der Waals surface area contributed by atoms with E-state index in [1.807, 2.05) is 0 Å². The highest BCUT2D eigenvalue weighted by Crippen LogP contribution is 2.38. The van der Waals surface area contributed by atoms with Gasteiger partial charge in [0.05, 0.1) is 0 Å². The molecule has 0 bridgehead atoms. The van der Waals surface area contributed by atoms with Crippen molar-refractivity contribution in [1.82, 2.24) is 0 Å². The van der Waals surface area contributed by atoms with E-state index in [0.717, 1.165) is 25.9 Å². The van der Waals surface area contributed by atoms with E-state index in [2.05, 4.69) is 25.7 Å². The molecule has 1 fully saturated rings. The molecular formula is C16H24F2N2. The van der Waals surface area contributed by atoms with Gasteiger partial charge in [-0.3, -0.25) is 0 Å². The summed E-state index contributed by atoms with van der Waals surface area (Å²) < 4.78 is 26.3. The molecule has 0 radical (unpaired) electrons. The first-order chi connectivity index (χ1) is 9.29. The Hall–Kier alpha value is -1.32. The fraction of sp³-hybridized carbons (Fsp3) is 0.625. The van der Waals surface area contributed by atoms with Gasteiger partial charge >= 0.3 is 0 Å². The van der Waals surface area contributed by atoms with E-state index in [9.17, 15) is 8.78 Å². The van der Waals surface area contributed by atoms with Crippen LogP contribution < -0.4 is 10.6 Å². The third kappa shape index (κ3) is 3.22. The fourth-order valence-electron chi connectivity index (χ4n) is 3.02. The molecule has 0 saturated carbocycles. The number of rotatable bonds is 2. The summed E-state index contributed by atoms with van der Waals surface area (Å²) in [6.45, 7) is 8.43. The van der Waals surface area contributed by atoms with Crippen LogP contribution in [0, 0.1) is 11.3 Å². The Labute approximate surface area is 120 Å². The molecule has 0 spiro atoms. The van der Waals surface area contributed by atoms with Crippen LogP contribution in [0.15, 0.2) is 18.2 Å². The van der Waals surface area contributed by atoms with Gasteiger partial charge in [0.25, 0.3) is 6.43 Å². The molecule has 4 heteroatoms. The summed E-state index contributed by atoms with van der Waals surface area (Å²) in [4.78, 5) is 2.07. The molecule has 1 heterocycles. The quantitative estimate of drug-likeness (QED) is 0.811. The molecule has 2 N–H and O–H groups in total. The number of piperidine rings is 1. The lowest BCUT2D eigenvalue weighted by molar-refractivity contribution is 0.151. The summed E-state index contributed by atoms with van der Waals surface area (Å²) in [7, 11) is 0. The minimum atomic E-state index is -2.48. The third-order valence-electron chi connectivity index (χ3n) is 4.35. The van der Waals surface area contributed by atoms with Crippen molar-refractivity contribution in [3.8, 4) is 0 Å². The van der Waals surface area contributed by atoms with Crippen LogP contribution in [-0.4, -0.2) is 13.1 Å². The van der Waals surface area contributed by atoms with Crippen LogP contribution in [0.5, 0.6) is 0 Å². The van der Waals surface area contributed by atoms with Gasteiger partial charge in [0.2, 0.25) is 0 Å². The molecule has 112 valence electrons. The minimum Gasteiger partial charge on any atom is -0.399 e. The smallest absolute Gasteiger partial charge is 0.265 e. The summed E-state index contributed by atoms with van der Waals surface area (Å²) in [6, 6.07) is 4.83. The number of halogens is 2. The number of nitrogen functional groups attached to an aromatic ring is 1. The van der Waals surface area contributed by atoms with Gasteiger partial charge in [-0.2, -0.15) is 0 Å². The van der Waals surface area contributed by atoms with Gasteiger partial charge in [0.15, 0.2) is 0 Å². The van der Waals surface area contributed by atoms with Crippen LogP contribution >= 0.6 is 0 Å². The van der Waals surface area contributed by atoms with E-state index in [1.165, 1.54) is 6.07 Å². The average Bonchev–Trinajstić information content (AvgIpc) is 2.37. The number of nitrogens with zero attached hydrogens (tertiary/aromatic N) is 1. The van der Waals surface area contributed by atoms with Crippen molar-refractivity contribution in [2.45, 2.75) is 40.0 Å². The number of anilines is 2. The van der Waals surface area contributed by atoms with Crippen LogP contribution in [0.25, 0.3) is 0 Å². The summed E-state index contributed by atoms with van der Waals surface area (Å²) in [5, 5.41) is 0. The molecule has 1 aromatic carbocycles. The zero-order valence-corrected chi connectivity index (χ0v) is 12.5. The number of benzene rings is 1. The van der Waals surface area contributed by atoms with Crippen molar-refractivity contribution in [1.29, 1.82) is 0 Å². The molecule has 2 rings (SSSR count). The van der Waals surface area contributed by atoms with Crippen LogP contribution in [0.1, 0.15) is 45.6 Å². The minimum absolute atomic E-state index is 0.0548. The molecule has 0 atom stereocenters. The standard InChI is InChI=1S/C16H24F2N2/c1-16(2,3)11-6-8-20(9-7-11)14-5-4-12(19)10-13(14)15(17)18/h4-5,10-11,15H,6-9,19H2,1-3H3. The molecular weight excluding hydrogens is 258 g/mol. The molecule has 1 aromatic rings. The lowest BCUT2D eigenvalue weighted by Crippen LogP contribution is -2.38. The van der Waals surface area contributed by atoms with E-state index >= 15 is 0 Å². The molecule has 0 unspecified atom stereocenters. The van der Waals surface area contributed by atoms with Gasteiger partial charge in [-0.05, 0) is 42.4 Å². The first-order valence-corrected chi connectivity index (χ1v) is 7.21. The molecule has 1 aliphatic rings. The first kappa shape index (κ1) is 15.1. The van der Waals surface area contributed by atoms with Crippen molar-refractivity contribution < 1.29 is 8.78 Å². The zero-order chi connectivity index (χ0) is 14.9. The van der Waals surface area contributed by atoms with E-state index in [0.29, 0.717) is 22.7 Å². The molecule has 0 aromatic heterocycles. The maximum absolute atomic E-state index is 13.1.